The van der Waals surface area contributed by atoms with Crippen LogP contribution in [-0.4, -0.2) is 42.5 Å². The fourth-order valence-corrected chi connectivity index (χ4v) is 3.86. The molecule has 2 heterocycles. The van der Waals surface area contributed by atoms with Gasteiger partial charge in [-0.1, -0.05) is 30.3 Å². The second kappa shape index (κ2) is 10.2. The molecular formula is C26H28N2O4. The Hall–Kier alpha value is -3.54. The molecule has 1 N–H and O–H groups in total. The maximum absolute atomic E-state index is 12.6. The average Bonchev–Trinajstić information content (AvgIpc) is 3.26. The van der Waals surface area contributed by atoms with Crippen molar-refractivity contribution in [2.45, 2.75) is 32.3 Å². The van der Waals surface area contributed by atoms with E-state index in [0.29, 0.717) is 31.0 Å². The van der Waals surface area contributed by atoms with E-state index in [1.807, 2.05) is 42.2 Å². The molecule has 0 bridgehead atoms. The third-order valence-corrected chi connectivity index (χ3v) is 5.75. The normalized spacial score (nSPS) is 14.2. The van der Waals surface area contributed by atoms with Gasteiger partial charge >= 0.3 is 0 Å². The topological polar surface area (TPSA) is 71.8 Å². The van der Waals surface area contributed by atoms with Crippen LogP contribution in [0.3, 0.4) is 0 Å². The molecule has 1 aromatic heterocycles. The number of carbonyl (C=O) groups is 2. The number of carbonyl (C=O) groups excluding carboxylic acids is 2. The van der Waals surface area contributed by atoms with Crippen LogP contribution in [-0.2, 0) is 6.42 Å². The molecule has 166 valence electrons. The summed E-state index contributed by atoms with van der Waals surface area (Å²) < 4.78 is 11.4. The van der Waals surface area contributed by atoms with Gasteiger partial charge < -0.3 is 19.4 Å². The zero-order valence-electron chi connectivity index (χ0n) is 18.3. The van der Waals surface area contributed by atoms with Crippen LogP contribution >= 0.6 is 0 Å². The zero-order chi connectivity index (χ0) is 22.3. The van der Waals surface area contributed by atoms with Gasteiger partial charge in [0.1, 0.15) is 11.9 Å². The Morgan fingerprint density at radius 1 is 1.03 bits per heavy atom. The van der Waals surface area contributed by atoms with Gasteiger partial charge in [-0.2, -0.15) is 0 Å². The summed E-state index contributed by atoms with van der Waals surface area (Å²) >= 11 is 0. The molecule has 0 spiro atoms. The molecule has 32 heavy (non-hydrogen) atoms. The van der Waals surface area contributed by atoms with Gasteiger partial charge in [-0.15, -0.1) is 0 Å². The molecule has 0 aliphatic carbocycles. The number of piperidine rings is 1. The lowest BCUT2D eigenvalue weighted by Gasteiger charge is -2.31. The van der Waals surface area contributed by atoms with Crippen molar-refractivity contribution in [1.29, 1.82) is 0 Å². The summed E-state index contributed by atoms with van der Waals surface area (Å²) in [5, 5.41) is 2.95. The number of furan rings is 1. The first kappa shape index (κ1) is 21.7. The van der Waals surface area contributed by atoms with Crippen LogP contribution in [0.2, 0.25) is 0 Å². The summed E-state index contributed by atoms with van der Waals surface area (Å²) in [5.41, 5.74) is 2.67. The Bertz CT molecular complexity index is 1040. The Labute approximate surface area is 188 Å². The fourth-order valence-electron chi connectivity index (χ4n) is 3.86. The van der Waals surface area contributed by atoms with Gasteiger partial charge in [0.25, 0.3) is 11.8 Å². The molecule has 2 amide bonds. The second-order valence-corrected chi connectivity index (χ2v) is 8.06. The summed E-state index contributed by atoms with van der Waals surface area (Å²) in [6.45, 7) is 3.73. The van der Waals surface area contributed by atoms with Crippen LogP contribution in [0.5, 0.6) is 5.75 Å². The second-order valence-electron chi connectivity index (χ2n) is 8.06. The Balaban J connectivity index is 1.22. The lowest BCUT2D eigenvalue weighted by molar-refractivity contribution is 0.0566. The third kappa shape index (κ3) is 5.38. The maximum Gasteiger partial charge on any atom is 0.289 e. The number of aryl methyl sites for hydroxylation is 1. The van der Waals surface area contributed by atoms with Crippen LogP contribution in [0.25, 0.3) is 0 Å². The monoisotopic (exact) mass is 432 g/mol. The van der Waals surface area contributed by atoms with Crippen molar-refractivity contribution < 1.29 is 18.7 Å². The molecule has 0 atom stereocenters. The summed E-state index contributed by atoms with van der Waals surface area (Å²) in [6, 6.07) is 19.1. The van der Waals surface area contributed by atoms with E-state index in [2.05, 4.69) is 17.4 Å². The lowest BCUT2D eigenvalue weighted by Crippen LogP contribution is -2.41. The van der Waals surface area contributed by atoms with Crippen LogP contribution in [0.15, 0.2) is 71.3 Å². The zero-order valence-corrected chi connectivity index (χ0v) is 18.3. The van der Waals surface area contributed by atoms with E-state index >= 15 is 0 Å². The van der Waals surface area contributed by atoms with Crippen molar-refractivity contribution in [3.05, 3.63) is 89.4 Å². The number of nitrogens with one attached hydrogen (secondary N) is 1. The Morgan fingerprint density at radius 3 is 2.41 bits per heavy atom. The van der Waals surface area contributed by atoms with Gasteiger partial charge in [-0.25, -0.2) is 0 Å². The first-order valence-corrected chi connectivity index (χ1v) is 11.0. The summed E-state index contributed by atoms with van der Waals surface area (Å²) in [4.78, 5) is 26.7. The predicted molar refractivity (Wildman–Crippen MR) is 122 cm³/mol. The molecule has 6 heteroatoms. The van der Waals surface area contributed by atoms with Crippen molar-refractivity contribution in [2.75, 3.05) is 19.6 Å². The number of ether oxygens (including phenoxy) is 1. The standard InChI is InChI=1S/C26H28N2O4/c1-19-14-18-31-24(19)26(30)28-16-12-23(13-17-28)32-22-9-7-21(8-10-22)25(29)27-15-11-20-5-3-2-4-6-20/h2-10,14,18,23H,11-13,15-17H2,1H3,(H,27,29). The SMILES string of the molecule is Cc1ccoc1C(=O)N1CCC(Oc2ccc(C(=O)NCCc3ccccc3)cc2)CC1. The summed E-state index contributed by atoms with van der Waals surface area (Å²) in [6.07, 6.45) is 3.91. The van der Waals surface area contributed by atoms with Gasteiger partial charge in [0, 0.05) is 43.6 Å². The summed E-state index contributed by atoms with van der Waals surface area (Å²) in [7, 11) is 0. The van der Waals surface area contributed by atoms with E-state index in [1.165, 1.54) is 5.56 Å². The van der Waals surface area contributed by atoms with Gasteiger partial charge in [0.2, 0.25) is 0 Å². The number of benzene rings is 2. The molecule has 0 saturated carbocycles. The van der Waals surface area contributed by atoms with Crippen molar-refractivity contribution in [3.8, 4) is 5.75 Å². The van der Waals surface area contributed by atoms with Gasteiger partial charge in [-0.05, 0) is 49.2 Å². The fraction of sp³-hybridized carbons (Fsp3) is 0.308. The van der Waals surface area contributed by atoms with Crippen molar-refractivity contribution in [3.63, 3.8) is 0 Å². The van der Waals surface area contributed by atoms with Crippen LogP contribution < -0.4 is 10.1 Å². The minimum atomic E-state index is -0.0903. The number of likely N-dealkylation sites (tertiary alicyclic amines) is 1. The van der Waals surface area contributed by atoms with E-state index in [-0.39, 0.29) is 17.9 Å². The van der Waals surface area contributed by atoms with Crippen LogP contribution in [0, 0.1) is 6.92 Å². The molecule has 1 aliphatic rings. The molecule has 1 saturated heterocycles. The molecular weight excluding hydrogens is 404 g/mol. The quantitative estimate of drug-likeness (QED) is 0.606. The minimum absolute atomic E-state index is 0.0438. The van der Waals surface area contributed by atoms with Crippen molar-refractivity contribution >= 4 is 11.8 Å². The number of rotatable bonds is 7. The molecule has 3 aromatic rings. The Kier molecular flexibility index (Phi) is 6.90. The number of hydrogen-bond donors (Lipinski definition) is 1. The number of nitrogens with zero attached hydrogens (tertiary/aromatic N) is 1. The van der Waals surface area contributed by atoms with Crippen LogP contribution in [0.1, 0.15) is 44.9 Å². The average molecular weight is 433 g/mol. The molecule has 2 aromatic carbocycles. The van der Waals surface area contributed by atoms with Gasteiger partial charge in [-0.3, -0.25) is 9.59 Å². The molecule has 0 unspecified atom stereocenters. The predicted octanol–water partition coefficient (Wildman–Crippen LogP) is 4.24. The van der Waals surface area contributed by atoms with E-state index in [1.54, 1.807) is 24.5 Å². The lowest BCUT2D eigenvalue weighted by atomic mass is 10.1. The molecule has 6 nitrogen and oxygen atoms in total. The van der Waals surface area contributed by atoms with Gasteiger partial charge in [0.05, 0.1) is 6.26 Å². The first-order valence-electron chi connectivity index (χ1n) is 11.0. The van der Waals surface area contributed by atoms with Crippen molar-refractivity contribution in [1.82, 2.24) is 10.2 Å². The van der Waals surface area contributed by atoms with E-state index in [0.717, 1.165) is 30.6 Å². The van der Waals surface area contributed by atoms with E-state index in [9.17, 15) is 9.59 Å². The number of hydrogen-bond acceptors (Lipinski definition) is 4. The van der Waals surface area contributed by atoms with Gasteiger partial charge in [0.15, 0.2) is 5.76 Å². The van der Waals surface area contributed by atoms with E-state index < -0.39 is 0 Å². The highest BCUT2D eigenvalue weighted by Gasteiger charge is 2.27. The smallest absolute Gasteiger partial charge is 0.289 e. The highest BCUT2D eigenvalue weighted by molar-refractivity contribution is 5.94. The molecule has 0 radical (unpaired) electrons. The molecule has 1 fully saturated rings. The minimum Gasteiger partial charge on any atom is -0.490 e. The number of amides is 2. The van der Waals surface area contributed by atoms with Crippen molar-refractivity contribution in [2.24, 2.45) is 0 Å². The summed E-state index contributed by atoms with van der Waals surface area (Å²) in [5.74, 6) is 1.00. The third-order valence-electron chi connectivity index (χ3n) is 5.75. The highest BCUT2D eigenvalue weighted by Crippen LogP contribution is 2.22. The largest absolute Gasteiger partial charge is 0.490 e. The molecule has 4 rings (SSSR count). The highest BCUT2D eigenvalue weighted by atomic mass is 16.5. The first-order chi connectivity index (χ1) is 15.6. The maximum atomic E-state index is 12.6. The van der Waals surface area contributed by atoms with E-state index in [4.69, 9.17) is 9.15 Å². The van der Waals surface area contributed by atoms with Crippen LogP contribution in [0.4, 0.5) is 0 Å². The Morgan fingerprint density at radius 2 is 1.75 bits per heavy atom. The molecule has 1 aliphatic heterocycles.